The van der Waals surface area contributed by atoms with Gasteiger partial charge in [0, 0.05) is 22.5 Å². The van der Waals surface area contributed by atoms with Gasteiger partial charge in [0.2, 0.25) is 0 Å². The molecule has 0 aliphatic heterocycles. The van der Waals surface area contributed by atoms with Gasteiger partial charge in [0.05, 0.1) is 22.1 Å². The summed E-state index contributed by atoms with van der Waals surface area (Å²) in [4.78, 5) is 10.1. The van der Waals surface area contributed by atoms with Crippen LogP contribution in [0.1, 0.15) is 0 Å². The molecule has 226 valence electrons. The Balaban J connectivity index is 1.14. The van der Waals surface area contributed by atoms with Gasteiger partial charge in [-0.1, -0.05) is 133 Å². The fraction of sp³-hybridized carbons (Fsp3) is 0. The predicted molar refractivity (Wildman–Crippen MR) is 197 cm³/mol. The Morgan fingerprint density at radius 3 is 1.35 bits per heavy atom. The van der Waals surface area contributed by atoms with E-state index in [1.807, 2.05) is 24.3 Å². The zero-order chi connectivity index (χ0) is 31.9. The molecule has 0 fully saturated rings. The molecule has 9 rings (SSSR count). The van der Waals surface area contributed by atoms with E-state index >= 15 is 0 Å². The summed E-state index contributed by atoms with van der Waals surface area (Å²) < 4.78 is 4.52. The zero-order valence-electron chi connectivity index (χ0n) is 26.1. The first-order valence-electron chi connectivity index (χ1n) is 16.2. The molecule has 0 aliphatic rings. The quantitative estimate of drug-likeness (QED) is 0.187. The summed E-state index contributed by atoms with van der Waals surface area (Å²) in [7, 11) is 0. The molecule has 0 atom stereocenters. The number of fused-ring (bicyclic) bond motifs is 2. The molecule has 0 saturated carbocycles. The second-order valence-electron chi connectivity index (χ2n) is 11.9. The first kappa shape index (κ1) is 27.8. The molecule has 0 bridgehead atoms. The second-order valence-corrected chi connectivity index (χ2v) is 11.9. The fourth-order valence-corrected chi connectivity index (χ4v) is 6.73. The van der Waals surface area contributed by atoms with E-state index in [2.05, 4.69) is 167 Å². The van der Waals surface area contributed by atoms with E-state index in [0.29, 0.717) is 0 Å². The first-order chi connectivity index (χ1) is 23.8. The SMILES string of the molecule is c1ccc(-c2nc3ccccc3n2-c2ccc(-c3ccccc3-c3cccc(-n4c(-c5ccccc5)nc5ccccc54)c3)cc2)cc1. The maximum absolute atomic E-state index is 5.06. The van der Waals surface area contributed by atoms with E-state index in [1.165, 1.54) is 11.1 Å². The van der Waals surface area contributed by atoms with Crippen molar-refractivity contribution in [1.29, 1.82) is 0 Å². The lowest BCUT2D eigenvalue weighted by atomic mass is 9.94. The highest BCUT2D eigenvalue weighted by Crippen LogP contribution is 2.36. The summed E-state index contributed by atoms with van der Waals surface area (Å²) >= 11 is 0. The number of aromatic nitrogens is 4. The Hall–Kier alpha value is -6.52. The van der Waals surface area contributed by atoms with Crippen LogP contribution in [0.3, 0.4) is 0 Å². The van der Waals surface area contributed by atoms with Gasteiger partial charge >= 0.3 is 0 Å². The standard InChI is InChI=1S/C44H30N4/c1-3-14-32(15-4-1)43-45-39-22-9-11-24-41(39)47(43)35-28-26-31(27-29-35)37-20-7-8-21-38(37)34-18-13-19-36(30-34)48-42-25-12-10-23-40(42)46-44(48)33-16-5-2-6-17-33/h1-30H. The third kappa shape index (κ3) is 4.79. The lowest BCUT2D eigenvalue weighted by Gasteiger charge is -2.15. The predicted octanol–water partition coefficient (Wildman–Crippen LogP) is 11.0. The highest BCUT2D eigenvalue weighted by molar-refractivity contribution is 5.88. The van der Waals surface area contributed by atoms with E-state index in [9.17, 15) is 0 Å². The number of para-hydroxylation sites is 4. The minimum atomic E-state index is 0.930. The van der Waals surface area contributed by atoms with Gasteiger partial charge in [0.1, 0.15) is 11.6 Å². The Labute approximate surface area is 278 Å². The molecule has 0 spiro atoms. The van der Waals surface area contributed by atoms with Crippen LogP contribution in [0.25, 0.3) is 78.5 Å². The molecule has 0 unspecified atom stereocenters. The largest absolute Gasteiger partial charge is 0.292 e. The van der Waals surface area contributed by atoms with Crippen molar-refractivity contribution in [2.24, 2.45) is 0 Å². The molecule has 0 N–H and O–H groups in total. The molecule has 4 heteroatoms. The van der Waals surface area contributed by atoms with Crippen LogP contribution in [0, 0.1) is 0 Å². The molecule has 0 amide bonds. The van der Waals surface area contributed by atoms with Gasteiger partial charge in [-0.05, 0) is 70.8 Å². The molecule has 2 aromatic heterocycles. The Morgan fingerprint density at radius 1 is 0.312 bits per heavy atom. The maximum Gasteiger partial charge on any atom is 0.145 e. The molecule has 0 saturated heterocycles. The number of imidazole rings is 2. The summed E-state index contributed by atoms with van der Waals surface area (Å²) in [6.07, 6.45) is 0. The van der Waals surface area contributed by atoms with Gasteiger partial charge in [-0.2, -0.15) is 0 Å². The zero-order valence-corrected chi connectivity index (χ0v) is 26.1. The van der Waals surface area contributed by atoms with Crippen LogP contribution >= 0.6 is 0 Å². The van der Waals surface area contributed by atoms with Gasteiger partial charge in [-0.15, -0.1) is 0 Å². The van der Waals surface area contributed by atoms with Crippen LogP contribution in [0.15, 0.2) is 182 Å². The smallest absolute Gasteiger partial charge is 0.145 e. The average Bonchev–Trinajstić information content (AvgIpc) is 3.75. The van der Waals surface area contributed by atoms with Crippen LogP contribution in [-0.4, -0.2) is 19.1 Å². The van der Waals surface area contributed by atoms with Crippen LogP contribution in [0.2, 0.25) is 0 Å². The van der Waals surface area contributed by atoms with Gasteiger partial charge in [-0.3, -0.25) is 9.13 Å². The third-order valence-corrected chi connectivity index (χ3v) is 8.96. The van der Waals surface area contributed by atoms with Crippen molar-refractivity contribution < 1.29 is 0 Å². The van der Waals surface area contributed by atoms with Gasteiger partial charge < -0.3 is 0 Å². The van der Waals surface area contributed by atoms with Crippen LogP contribution < -0.4 is 0 Å². The highest BCUT2D eigenvalue weighted by atomic mass is 15.1. The minimum Gasteiger partial charge on any atom is -0.292 e. The summed E-state index contributed by atoms with van der Waals surface area (Å²) in [5, 5.41) is 0. The first-order valence-corrected chi connectivity index (χ1v) is 16.2. The number of hydrogen-bond donors (Lipinski definition) is 0. The molecular formula is C44H30N4. The number of hydrogen-bond acceptors (Lipinski definition) is 2. The van der Waals surface area contributed by atoms with Gasteiger partial charge in [0.25, 0.3) is 0 Å². The number of rotatable bonds is 6. The van der Waals surface area contributed by atoms with E-state index in [4.69, 9.17) is 9.97 Å². The van der Waals surface area contributed by atoms with Crippen LogP contribution in [-0.2, 0) is 0 Å². The van der Waals surface area contributed by atoms with Crippen molar-refractivity contribution in [3.05, 3.63) is 182 Å². The molecule has 9 aromatic rings. The van der Waals surface area contributed by atoms with Crippen molar-refractivity contribution in [2.75, 3.05) is 0 Å². The van der Waals surface area contributed by atoms with Gasteiger partial charge in [0.15, 0.2) is 0 Å². The van der Waals surface area contributed by atoms with Crippen molar-refractivity contribution >= 4 is 22.1 Å². The normalized spacial score (nSPS) is 11.3. The highest BCUT2D eigenvalue weighted by Gasteiger charge is 2.17. The Bertz CT molecular complexity index is 2540. The Morgan fingerprint density at radius 2 is 0.771 bits per heavy atom. The van der Waals surface area contributed by atoms with E-state index < -0.39 is 0 Å². The van der Waals surface area contributed by atoms with Crippen LogP contribution in [0.5, 0.6) is 0 Å². The van der Waals surface area contributed by atoms with Crippen LogP contribution in [0.4, 0.5) is 0 Å². The summed E-state index contributed by atoms with van der Waals surface area (Å²) in [5.41, 5.74) is 13.1. The molecule has 2 heterocycles. The molecule has 0 aliphatic carbocycles. The third-order valence-electron chi connectivity index (χ3n) is 8.96. The summed E-state index contributed by atoms with van der Waals surface area (Å²) in [5.74, 6) is 1.86. The molecule has 48 heavy (non-hydrogen) atoms. The maximum atomic E-state index is 5.06. The van der Waals surface area contributed by atoms with Crippen molar-refractivity contribution in [3.63, 3.8) is 0 Å². The van der Waals surface area contributed by atoms with E-state index in [0.717, 1.165) is 67.3 Å². The molecular weight excluding hydrogens is 585 g/mol. The minimum absolute atomic E-state index is 0.930. The monoisotopic (exact) mass is 614 g/mol. The summed E-state index contributed by atoms with van der Waals surface area (Å²) in [6, 6.07) is 63.8. The molecule has 4 nitrogen and oxygen atoms in total. The summed E-state index contributed by atoms with van der Waals surface area (Å²) in [6.45, 7) is 0. The number of nitrogens with zero attached hydrogens (tertiary/aromatic N) is 4. The lowest BCUT2D eigenvalue weighted by Crippen LogP contribution is -1.98. The fourth-order valence-electron chi connectivity index (χ4n) is 6.73. The average molecular weight is 615 g/mol. The molecule has 0 radical (unpaired) electrons. The van der Waals surface area contributed by atoms with E-state index in [1.54, 1.807) is 0 Å². The van der Waals surface area contributed by atoms with Gasteiger partial charge in [-0.25, -0.2) is 9.97 Å². The second kappa shape index (κ2) is 11.7. The lowest BCUT2D eigenvalue weighted by molar-refractivity contribution is 1.10. The molecule has 7 aromatic carbocycles. The van der Waals surface area contributed by atoms with Crippen molar-refractivity contribution in [2.45, 2.75) is 0 Å². The van der Waals surface area contributed by atoms with Crippen molar-refractivity contribution in [3.8, 4) is 56.4 Å². The Kier molecular flexibility index (Phi) is 6.76. The van der Waals surface area contributed by atoms with E-state index in [-0.39, 0.29) is 0 Å². The topological polar surface area (TPSA) is 35.6 Å². The van der Waals surface area contributed by atoms with Crippen molar-refractivity contribution in [1.82, 2.24) is 19.1 Å². The number of benzene rings is 7.